The smallest absolute Gasteiger partial charge is 0.330 e. The average Bonchev–Trinajstić information content (AvgIpc) is 3.13. The maximum absolute atomic E-state index is 12.7. The molecule has 2 aromatic rings. The molecule has 9 nitrogen and oxygen atoms in total. The van der Waals surface area contributed by atoms with Crippen LogP contribution in [0.25, 0.3) is 11.2 Å². The summed E-state index contributed by atoms with van der Waals surface area (Å²) in [4.78, 5) is 47.3. The van der Waals surface area contributed by atoms with E-state index in [2.05, 4.69) is 56.7 Å². The van der Waals surface area contributed by atoms with Crippen molar-refractivity contribution in [3.8, 4) is 0 Å². The molecule has 0 aliphatic heterocycles. The first-order valence-corrected chi connectivity index (χ1v) is 13.0. The monoisotopic (exact) mass is 476 g/mol. The molecule has 2 N–H and O–H groups in total. The van der Waals surface area contributed by atoms with Crippen LogP contribution in [0.2, 0.25) is 0 Å². The Morgan fingerprint density at radius 1 is 1.00 bits per heavy atom. The van der Waals surface area contributed by atoms with E-state index in [-0.39, 0.29) is 12.3 Å². The summed E-state index contributed by atoms with van der Waals surface area (Å²) < 4.78 is 3.48. The molecule has 0 aromatic carbocycles. The van der Waals surface area contributed by atoms with Crippen LogP contribution in [0.5, 0.6) is 0 Å². The van der Waals surface area contributed by atoms with E-state index in [4.69, 9.17) is 4.98 Å². The van der Waals surface area contributed by atoms with Crippen LogP contribution in [0.3, 0.4) is 0 Å². The number of aryl methyl sites for hydroxylation is 3. The summed E-state index contributed by atoms with van der Waals surface area (Å²) in [7, 11) is 0. The van der Waals surface area contributed by atoms with E-state index in [1.54, 1.807) is 4.57 Å². The van der Waals surface area contributed by atoms with Crippen molar-refractivity contribution in [2.24, 2.45) is 0 Å². The normalized spacial score (nSPS) is 11.9. The lowest BCUT2D eigenvalue weighted by atomic mass is 10.2. The largest absolute Gasteiger partial charge is 0.355 e. The van der Waals surface area contributed by atoms with Crippen molar-refractivity contribution in [3.63, 3.8) is 0 Å². The Labute approximate surface area is 202 Å². The van der Waals surface area contributed by atoms with Gasteiger partial charge in [0.25, 0.3) is 5.56 Å². The number of nitrogens with zero attached hydrogens (tertiary/aromatic N) is 4. The third kappa shape index (κ3) is 7.29. The van der Waals surface area contributed by atoms with Crippen molar-refractivity contribution < 1.29 is 4.79 Å². The molecule has 2 aromatic heterocycles. The van der Waals surface area contributed by atoms with Gasteiger partial charge in [0.05, 0.1) is 0 Å². The number of imidazole rings is 1. The molecule has 0 spiro atoms. The van der Waals surface area contributed by atoms with Crippen LogP contribution in [-0.2, 0) is 24.3 Å². The number of fused-ring (bicyclic) bond motifs is 1. The molecule has 0 aliphatic carbocycles. The van der Waals surface area contributed by atoms with Crippen molar-refractivity contribution in [2.75, 3.05) is 13.1 Å². The lowest BCUT2D eigenvalue weighted by molar-refractivity contribution is -0.121. The van der Waals surface area contributed by atoms with Gasteiger partial charge < -0.3 is 9.88 Å². The van der Waals surface area contributed by atoms with Crippen molar-refractivity contribution in [3.05, 3.63) is 26.7 Å². The van der Waals surface area contributed by atoms with Gasteiger partial charge in [-0.1, -0.05) is 33.1 Å². The highest BCUT2D eigenvalue weighted by atomic mass is 16.2. The number of amides is 1. The predicted molar refractivity (Wildman–Crippen MR) is 137 cm³/mol. The zero-order valence-corrected chi connectivity index (χ0v) is 21.9. The van der Waals surface area contributed by atoms with Crippen LogP contribution in [0, 0.1) is 0 Å². The van der Waals surface area contributed by atoms with Gasteiger partial charge in [0.15, 0.2) is 11.2 Å². The maximum atomic E-state index is 12.7. The van der Waals surface area contributed by atoms with Crippen molar-refractivity contribution in [2.45, 2.75) is 112 Å². The third-order valence-corrected chi connectivity index (χ3v) is 6.28. The number of hydrogen-bond acceptors (Lipinski definition) is 5. The first-order chi connectivity index (χ1) is 16.2. The Hall–Kier alpha value is -2.42. The molecule has 9 heteroatoms. The zero-order valence-electron chi connectivity index (χ0n) is 21.9. The number of rotatable bonds is 15. The molecule has 0 unspecified atom stereocenters. The summed E-state index contributed by atoms with van der Waals surface area (Å²) in [5.74, 6) is 0.658. The summed E-state index contributed by atoms with van der Waals surface area (Å²) in [6.07, 6.45) is 5.48. The average molecular weight is 477 g/mol. The lowest BCUT2D eigenvalue weighted by Crippen LogP contribution is -2.42. The Bertz CT molecular complexity index is 1030. The number of H-pyrrole nitrogens is 1. The second-order valence-corrected chi connectivity index (χ2v) is 9.60. The van der Waals surface area contributed by atoms with Gasteiger partial charge in [-0.05, 0) is 40.5 Å². The van der Waals surface area contributed by atoms with Gasteiger partial charge in [0.1, 0.15) is 5.82 Å². The molecular weight excluding hydrogens is 432 g/mol. The highest BCUT2D eigenvalue weighted by Crippen LogP contribution is 2.15. The molecule has 0 saturated carbocycles. The van der Waals surface area contributed by atoms with Crippen LogP contribution < -0.4 is 16.6 Å². The van der Waals surface area contributed by atoms with Crippen LogP contribution in [0.1, 0.15) is 85.9 Å². The second-order valence-electron chi connectivity index (χ2n) is 9.60. The Balaban J connectivity index is 2.21. The summed E-state index contributed by atoms with van der Waals surface area (Å²) >= 11 is 0. The molecule has 0 aliphatic rings. The Kier molecular flexibility index (Phi) is 11.0. The molecular formula is C25H44N6O3. The van der Waals surface area contributed by atoms with E-state index in [0.717, 1.165) is 38.6 Å². The molecule has 192 valence electrons. The van der Waals surface area contributed by atoms with Gasteiger partial charge >= 0.3 is 5.69 Å². The molecule has 34 heavy (non-hydrogen) atoms. The number of aromatic amines is 1. The Morgan fingerprint density at radius 2 is 1.65 bits per heavy atom. The van der Waals surface area contributed by atoms with Gasteiger partial charge in [-0.3, -0.25) is 24.0 Å². The Morgan fingerprint density at radius 3 is 2.26 bits per heavy atom. The van der Waals surface area contributed by atoms with Crippen molar-refractivity contribution in [1.29, 1.82) is 0 Å². The molecule has 2 heterocycles. The first-order valence-electron chi connectivity index (χ1n) is 13.0. The summed E-state index contributed by atoms with van der Waals surface area (Å²) in [5, 5.41) is 3.02. The van der Waals surface area contributed by atoms with E-state index in [1.807, 2.05) is 4.57 Å². The SMILES string of the molecule is CCCCCn1c(CCC(=O)NCCN(C(C)C)C(C)C)nc2c1c(=O)[nH]c(=O)n2CCCC. The van der Waals surface area contributed by atoms with Crippen LogP contribution in [-0.4, -0.2) is 55.1 Å². The summed E-state index contributed by atoms with van der Waals surface area (Å²) in [5.41, 5.74) is 0.0357. The van der Waals surface area contributed by atoms with E-state index in [9.17, 15) is 14.4 Å². The highest BCUT2D eigenvalue weighted by Gasteiger charge is 2.19. The molecule has 0 bridgehead atoms. The van der Waals surface area contributed by atoms with E-state index < -0.39 is 11.2 Å². The maximum Gasteiger partial charge on any atom is 0.330 e. The number of carbonyl (C=O) groups excluding carboxylic acids is 1. The molecule has 2 rings (SSSR count). The minimum atomic E-state index is -0.423. The topological polar surface area (TPSA) is 105 Å². The molecule has 0 saturated heterocycles. The predicted octanol–water partition coefficient (Wildman–Crippen LogP) is 3.04. The van der Waals surface area contributed by atoms with Gasteiger partial charge in [0, 0.05) is 51.1 Å². The third-order valence-electron chi connectivity index (χ3n) is 6.28. The van der Waals surface area contributed by atoms with Crippen LogP contribution >= 0.6 is 0 Å². The molecule has 0 radical (unpaired) electrons. The van der Waals surface area contributed by atoms with E-state index in [0.29, 0.717) is 55.1 Å². The number of aromatic nitrogens is 4. The van der Waals surface area contributed by atoms with E-state index >= 15 is 0 Å². The minimum Gasteiger partial charge on any atom is -0.355 e. The quantitative estimate of drug-likeness (QED) is 0.385. The fourth-order valence-corrected chi connectivity index (χ4v) is 4.44. The first kappa shape index (κ1) is 27.8. The van der Waals surface area contributed by atoms with Gasteiger partial charge in [-0.25, -0.2) is 9.78 Å². The number of unbranched alkanes of at least 4 members (excludes halogenated alkanes) is 3. The summed E-state index contributed by atoms with van der Waals surface area (Å²) in [6, 6.07) is 0.840. The fourth-order valence-electron chi connectivity index (χ4n) is 4.44. The van der Waals surface area contributed by atoms with Crippen LogP contribution in [0.4, 0.5) is 0 Å². The van der Waals surface area contributed by atoms with Crippen LogP contribution in [0.15, 0.2) is 9.59 Å². The zero-order chi connectivity index (χ0) is 25.3. The second kappa shape index (κ2) is 13.5. The van der Waals surface area contributed by atoms with Gasteiger partial charge in [-0.2, -0.15) is 0 Å². The van der Waals surface area contributed by atoms with E-state index in [1.165, 1.54) is 0 Å². The number of carbonyl (C=O) groups is 1. The number of nitrogens with one attached hydrogen (secondary N) is 2. The molecule has 0 fully saturated rings. The molecule has 0 atom stereocenters. The molecule has 1 amide bonds. The van der Waals surface area contributed by atoms with Crippen molar-refractivity contribution in [1.82, 2.24) is 29.3 Å². The minimum absolute atomic E-state index is 0.0306. The lowest BCUT2D eigenvalue weighted by Gasteiger charge is -2.30. The van der Waals surface area contributed by atoms with Crippen molar-refractivity contribution >= 4 is 17.1 Å². The summed E-state index contributed by atoms with van der Waals surface area (Å²) in [6.45, 7) is 15.4. The highest BCUT2D eigenvalue weighted by molar-refractivity contribution is 5.76. The fraction of sp³-hybridized carbons (Fsp3) is 0.760. The number of hydrogen-bond donors (Lipinski definition) is 2. The van der Waals surface area contributed by atoms with Gasteiger partial charge in [0.2, 0.25) is 5.91 Å². The standard InChI is InChI=1S/C25H44N6O3/c1-7-9-11-16-30-20(12-13-21(32)26-14-17-29(18(3)4)19(5)6)27-23-22(30)24(33)28-25(34)31(23)15-10-8-2/h18-19H,7-17H2,1-6H3,(H,26,32)(H,28,33,34). The van der Waals surface area contributed by atoms with Gasteiger partial charge in [-0.15, -0.1) is 0 Å².